The summed E-state index contributed by atoms with van der Waals surface area (Å²) in [6.45, 7) is 3.80. The number of nitrogens with zero attached hydrogens (tertiary/aromatic N) is 1. The predicted octanol–water partition coefficient (Wildman–Crippen LogP) is 3.70. The molecule has 0 aliphatic rings. The zero-order chi connectivity index (χ0) is 15.6. The molecule has 6 nitrogen and oxygen atoms in total. The van der Waals surface area contributed by atoms with Crippen molar-refractivity contribution in [1.29, 1.82) is 0 Å². The normalized spacial score (nSPS) is 10.2. The van der Waals surface area contributed by atoms with E-state index in [0.29, 0.717) is 5.75 Å². The maximum Gasteiger partial charge on any atom is 0.339 e. The van der Waals surface area contributed by atoms with Crippen molar-refractivity contribution in [2.45, 2.75) is 13.8 Å². The molecule has 0 unspecified atom stereocenters. The molecule has 0 radical (unpaired) electrons. The monoisotopic (exact) mass is 287 g/mol. The number of aromatic carboxylic acids is 1. The molecule has 21 heavy (non-hydrogen) atoms. The van der Waals surface area contributed by atoms with Crippen LogP contribution in [0.3, 0.4) is 0 Å². The van der Waals surface area contributed by atoms with E-state index in [4.69, 9.17) is 9.84 Å². The van der Waals surface area contributed by atoms with Crippen LogP contribution >= 0.6 is 0 Å². The summed E-state index contributed by atoms with van der Waals surface area (Å²) >= 11 is 0. The van der Waals surface area contributed by atoms with Crippen molar-refractivity contribution in [3.8, 4) is 11.5 Å². The van der Waals surface area contributed by atoms with Crippen LogP contribution in [0.5, 0.6) is 11.5 Å². The van der Waals surface area contributed by atoms with Crippen LogP contribution in [0.15, 0.2) is 36.4 Å². The highest BCUT2D eigenvalue weighted by Crippen LogP contribution is 2.35. The average Bonchev–Trinajstić information content (AvgIpc) is 2.42. The second-order valence-corrected chi connectivity index (χ2v) is 4.56. The molecule has 0 heterocycles. The Morgan fingerprint density at radius 2 is 1.90 bits per heavy atom. The van der Waals surface area contributed by atoms with E-state index in [-0.39, 0.29) is 17.0 Å². The van der Waals surface area contributed by atoms with Gasteiger partial charge in [-0.05, 0) is 43.2 Å². The van der Waals surface area contributed by atoms with Crippen LogP contribution in [-0.4, -0.2) is 16.0 Å². The third-order valence-corrected chi connectivity index (χ3v) is 3.12. The summed E-state index contributed by atoms with van der Waals surface area (Å²) in [6, 6.07) is 8.95. The smallest absolute Gasteiger partial charge is 0.339 e. The summed E-state index contributed by atoms with van der Waals surface area (Å²) in [6.07, 6.45) is 0. The van der Waals surface area contributed by atoms with Crippen molar-refractivity contribution in [2.75, 3.05) is 0 Å². The van der Waals surface area contributed by atoms with Gasteiger partial charge in [-0.2, -0.15) is 0 Å². The second kappa shape index (κ2) is 5.62. The van der Waals surface area contributed by atoms with Crippen molar-refractivity contribution in [2.24, 2.45) is 0 Å². The van der Waals surface area contributed by atoms with Crippen LogP contribution in [0, 0.1) is 24.0 Å². The molecule has 0 fully saturated rings. The number of carbonyl (C=O) groups is 1. The molecule has 2 aromatic carbocycles. The van der Waals surface area contributed by atoms with Crippen molar-refractivity contribution in [1.82, 2.24) is 0 Å². The lowest BCUT2D eigenvalue weighted by Crippen LogP contribution is -2.03. The Labute approximate surface area is 120 Å². The minimum Gasteiger partial charge on any atom is -0.478 e. The van der Waals surface area contributed by atoms with Crippen molar-refractivity contribution < 1.29 is 19.6 Å². The second-order valence-electron chi connectivity index (χ2n) is 4.56. The van der Waals surface area contributed by atoms with Crippen LogP contribution in [0.2, 0.25) is 0 Å². The van der Waals surface area contributed by atoms with Crippen LogP contribution < -0.4 is 4.74 Å². The molecule has 0 aliphatic carbocycles. The molecule has 0 saturated carbocycles. The topological polar surface area (TPSA) is 89.7 Å². The van der Waals surface area contributed by atoms with Crippen molar-refractivity contribution in [3.05, 3.63) is 63.2 Å². The van der Waals surface area contributed by atoms with Gasteiger partial charge in [0.2, 0.25) is 5.75 Å². The highest BCUT2D eigenvalue weighted by Gasteiger charge is 2.23. The van der Waals surface area contributed by atoms with E-state index in [1.165, 1.54) is 18.2 Å². The van der Waals surface area contributed by atoms with E-state index in [0.717, 1.165) is 11.1 Å². The third kappa shape index (κ3) is 3.00. The van der Waals surface area contributed by atoms with Gasteiger partial charge in [-0.15, -0.1) is 0 Å². The van der Waals surface area contributed by atoms with Gasteiger partial charge >= 0.3 is 11.7 Å². The van der Waals surface area contributed by atoms with Gasteiger partial charge in [0, 0.05) is 6.07 Å². The first-order valence-electron chi connectivity index (χ1n) is 6.16. The number of carboxylic acid groups (broad SMARTS) is 1. The lowest BCUT2D eigenvalue weighted by atomic mass is 10.1. The number of ether oxygens (including phenoxy) is 1. The lowest BCUT2D eigenvalue weighted by Gasteiger charge is -2.10. The maximum atomic E-state index is 11.2. The summed E-state index contributed by atoms with van der Waals surface area (Å²) < 4.78 is 5.48. The van der Waals surface area contributed by atoms with Gasteiger partial charge in [-0.1, -0.05) is 12.1 Å². The summed E-state index contributed by atoms with van der Waals surface area (Å²) in [5.74, 6) is -1.19. The predicted molar refractivity (Wildman–Crippen MR) is 76.0 cm³/mol. The van der Waals surface area contributed by atoms with Gasteiger partial charge in [-0.25, -0.2) is 4.79 Å². The van der Waals surface area contributed by atoms with Crippen molar-refractivity contribution in [3.63, 3.8) is 0 Å². The molecule has 0 bridgehead atoms. The Hall–Kier alpha value is -2.89. The van der Waals surface area contributed by atoms with Gasteiger partial charge in [0.25, 0.3) is 0 Å². The zero-order valence-corrected chi connectivity index (χ0v) is 11.5. The number of hydrogen-bond acceptors (Lipinski definition) is 4. The van der Waals surface area contributed by atoms with Gasteiger partial charge in [0.05, 0.1) is 4.92 Å². The Morgan fingerprint density at radius 1 is 1.19 bits per heavy atom. The number of para-hydroxylation sites is 1. The number of nitro benzene ring substituents is 1. The first-order valence-corrected chi connectivity index (χ1v) is 6.16. The molecule has 108 valence electrons. The lowest BCUT2D eigenvalue weighted by molar-refractivity contribution is -0.385. The largest absolute Gasteiger partial charge is 0.478 e. The highest BCUT2D eigenvalue weighted by molar-refractivity contribution is 5.92. The van der Waals surface area contributed by atoms with E-state index in [9.17, 15) is 14.9 Å². The molecule has 6 heteroatoms. The third-order valence-electron chi connectivity index (χ3n) is 3.12. The fourth-order valence-corrected chi connectivity index (χ4v) is 1.84. The molecular weight excluding hydrogens is 274 g/mol. The molecule has 2 rings (SSSR count). The van der Waals surface area contributed by atoms with E-state index in [1.807, 2.05) is 13.8 Å². The summed E-state index contributed by atoms with van der Waals surface area (Å²) in [5.41, 5.74) is 1.36. The standard InChI is InChI=1S/C15H13NO5/c1-9-6-7-11(8-10(9)2)21-14-12(15(17)18)4-3-5-13(14)16(19)20/h3-8H,1-2H3,(H,17,18). The molecule has 0 spiro atoms. The SMILES string of the molecule is Cc1ccc(Oc2c(C(=O)O)cccc2[N+](=O)[O-])cc1C. The Bertz CT molecular complexity index is 692. The average molecular weight is 287 g/mol. The quantitative estimate of drug-likeness (QED) is 0.684. The molecule has 0 saturated heterocycles. The van der Waals surface area contributed by atoms with Crippen molar-refractivity contribution >= 4 is 11.7 Å². The summed E-state index contributed by atoms with van der Waals surface area (Å²) in [7, 11) is 0. The number of rotatable bonds is 4. The maximum absolute atomic E-state index is 11.2. The van der Waals surface area contributed by atoms with E-state index in [2.05, 4.69) is 0 Å². The summed E-state index contributed by atoms with van der Waals surface area (Å²) in [5, 5.41) is 20.2. The fourth-order valence-electron chi connectivity index (χ4n) is 1.84. The zero-order valence-electron chi connectivity index (χ0n) is 11.5. The van der Waals surface area contributed by atoms with Crippen LogP contribution in [0.1, 0.15) is 21.5 Å². The number of hydrogen-bond donors (Lipinski definition) is 1. The highest BCUT2D eigenvalue weighted by atomic mass is 16.6. The Morgan fingerprint density at radius 3 is 2.48 bits per heavy atom. The van der Waals surface area contributed by atoms with Crippen LogP contribution in [0.25, 0.3) is 0 Å². The van der Waals surface area contributed by atoms with Crippen LogP contribution in [0.4, 0.5) is 5.69 Å². The van der Waals surface area contributed by atoms with Gasteiger partial charge < -0.3 is 9.84 Å². The van der Waals surface area contributed by atoms with Crippen LogP contribution in [-0.2, 0) is 0 Å². The van der Waals surface area contributed by atoms with Gasteiger partial charge in [0.15, 0.2) is 0 Å². The fraction of sp³-hybridized carbons (Fsp3) is 0.133. The minimum atomic E-state index is -1.28. The number of carboxylic acids is 1. The minimum absolute atomic E-state index is 0.248. The Balaban J connectivity index is 2.53. The van der Waals surface area contributed by atoms with Gasteiger partial charge in [-0.3, -0.25) is 10.1 Å². The first kappa shape index (κ1) is 14.5. The van der Waals surface area contributed by atoms with E-state index in [1.54, 1.807) is 18.2 Å². The molecule has 2 aromatic rings. The Kier molecular flexibility index (Phi) is 3.89. The molecule has 1 N–H and O–H groups in total. The number of benzene rings is 2. The molecular formula is C15H13NO5. The molecule has 0 amide bonds. The summed E-state index contributed by atoms with van der Waals surface area (Å²) in [4.78, 5) is 21.6. The van der Waals surface area contributed by atoms with Gasteiger partial charge in [0.1, 0.15) is 11.3 Å². The molecule has 0 atom stereocenters. The molecule has 0 aromatic heterocycles. The number of aryl methyl sites for hydroxylation is 2. The van der Waals surface area contributed by atoms with E-state index >= 15 is 0 Å². The number of nitro groups is 1. The molecule has 0 aliphatic heterocycles. The van der Waals surface area contributed by atoms with E-state index < -0.39 is 10.9 Å². The first-order chi connectivity index (χ1) is 9.90.